The molecule has 1 rings (SSSR count). The van der Waals surface area contributed by atoms with Crippen LogP contribution in [0.2, 0.25) is 0 Å². The zero-order chi connectivity index (χ0) is 11.3. The van der Waals surface area contributed by atoms with E-state index in [0.717, 1.165) is 17.9 Å². The van der Waals surface area contributed by atoms with E-state index in [1.807, 2.05) is 25.3 Å². The van der Waals surface area contributed by atoms with Gasteiger partial charge in [-0.15, -0.1) is 0 Å². The zero-order valence-electron chi connectivity index (χ0n) is 9.57. The van der Waals surface area contributed by atoms with Crippen LogP contribution in [-0.2, 0) is 0 Å². The van der Waals surface area contributed by atoms with Crippen LogP contribution < -0.4 is 4.90 Å². The molecule has 0 amide bonds. The summed E-state index contributed by atoms with van der Waals surface area (Å²) in [5.41, 5.74) is 1.16. The molecule has 3 heteroatoms. The van der Waals surface area contributed by atoms with Gasteiger partial charge >= 0.3 is 0 Å². The number of pyridine rings is 1. The van der Waals surface area contributed by atoms with Gasteiger partial charge in [-0.05, 0) is 32.4 Å². The summed E-state index contributed by atoms with van der Waals surface area (Å²) in [5, 5.41) is 8.59. The highest BCUT2D eigenvalue weighted by Gasteiger charge is 2.10. The number of nitrogens with zero attached hydrogens (tertiary/aromatic N) is 3. The van der Waals surface area contributed by atoms with Gasteiger partial charge in [0.05, 0.1) is 12.5 Å². The maximum absolute atomic E-state index is 8.59. The van der Waals surface area contributed by atoms with Crippen LogP contribution in [0.5, 0.6) is 0 Å². The quantitative estimate of drug-likeness (QED) is 0.755. The average Bonchev–Trinajstić information content (AvgIpc) is 2.21. The fourth-order valence-corrected chi connectivity index (χ4v) is 1.44. The van der Waals surface area contributed by atoms with Gasteiger partial charge in [-0.1, -0.05) is 6.07 Å². The molecule has 0 N–H and O–H groups in total. The minimum Gasteiger partial charge on any atom is -0.353 e. The highest BCUT2D eigenvalue weighted by atomic mass is 15.2. The van der Waals surface area contributed by atoms with E-state index in [-0.39, 0.29) is 0 Å². The molecule has 0 unspecified atom stereocenters. The number of hydrogen-bond acceptors (Lipinski definition) is 3. The van der Waals surface area contributed by atoms with E-state index < -0.39 is 0 Å². The minimum atomic E-state index is 0.369. The van der Waals surface area contributed by atoms with Crippen LogP contribution in [0.25, 0.3) is 0 Å². The number of aryl methyl sites for hydroxylation is 1. The summed E-state index contributed by atoms with van der Waals surface area (Å²) in [6.07, 6.45) is 2.39. The van der Waals surface area contributed by atoms with Gasteiger partial charge in [-0.25, -0.2) is 4.98 Å². The van der Waals surface area contributed by atoms with Gasteiger partial charge < -0.3 is 4.90 Å². The highest BCUT2D eigenvalue weighted by molar-refractivity contribution is 5.40. The van der Waals surface area contributed by atoms with Gasteiger partial charge in [0.1, 0.15) is 5.82 Å². The van der Waals surface area contributed by atoms with Crippen molar-refractivity contribution in [3.05, 3.63) is 23.9 Å². The van der Waals surface area contributed by atoms with Crippen molar-refractivity contribution in [2.45, 2.75) is 33.2 Å². The van der Waals surface area contributed by atoms with Crippen LogP contribution in [0.15, 0.2) is 18.3 Å². The Balaban J connectivity index is 2.80. The SMILES string of the molecule is Cc1ccc(N(CCC#N)C(C)C)nc1. The second-order valence-corrected chi connectivity index (χ2v) is 3.89. The number of hydrogen-bond donors (Lipinski definition) is 0. The average molecular weight is 203 g/mol. The second kappa shape index (κ2) is 5.35. The molecule has 1 heterocycles. The Morgan fingerprint density at radius 3 is 2.67 bits per heavy atom. The van der Waals surface area contributed by atoms with Crippen molar-refractivity contribution in [2.24, 2.45) is 0 Å². The first-order chi connectivity index (χ1) is 7.15. The molecule has 1 aromatic rings. The van der Waals surface area contributed by atoms with Crippen LogP contribution in [0, 0.1) is 18.3 Å². The van der Waals surface area contributed by atoms with E-state index >= 15 is 0 Å². The fraction of sp³-hybridized carbons (Fsp3) is 0.500. The minimum absolute atomic E-state index is 0.369. The predicted octanol–water partition coefficient (Wildman–Crippen LogP) is 2.52. The van der Waals surface area contributed by atoms with Crippen molar-refractivity contribution < 1.29 is 0 Å². The van der Waals surface area contributed by atoms with Gasteiger partial charge in [0, 0.05) is 18.8 Å². The van der Waals surface area contributed by atoms with Crippen LogP contribution in [-0.4, -0.2) is 17.6 Å². The van der Waals surface area contributed by atoms with E-state index in [2.05, 4.69) is 29.8 Å². The Labute approximate surface area is 91.4 Å². The van der Waals surface area contributed by atoms with Crippen molar-refractivity contribution in [3.63, 3.8) is 0 Å². The summed E-state index contributed by atoms with van der Waals surface area (Å²) in [7, 11) is 0. The van der Waals surface area contributed by atoms with Crippen LogP contribution in [0.4, 0.5) is 5.82 Å². The first-order valence-electron chi connectivity index (χ1n) is 5.21. The smallest absolute Gasteiger partial charge is 0.128 e. The number of rotatable bonds is 4. The van der Waals surface area contributed by atoms with Crippen molar-refractivity contribution >= 4 is 5.82 Å². The number of aromatic nitrogens is 1. The molecule has 0 aliphatic rings. The molecule has 0 fully saturated rings. The van der Waals surface area contributed by atoms with Crippen LogP contribution in [0.3, 0.4) is 0 Å². The lowest BCUT2D eigenvalue weighted by Gasteiger charge is -2.26. The van der Waals surface area contributed by atoms with E-state index in [9.17, 15) is 0 Å². The number of nitriles is 1. The summed E-state index contributed by atoms with van der Waals surface area (Å²) in [5.74, 6) is 0.950. The molecule has 0 radical (unpaired) electrons. The highest BCUT2D eigenvalue weighted by Crippen LogP contribution is 2.14. The second-order valence-electron chi connectivity index (χ2n) is 3.89. The normalized spacial score (nSPS) is 10.1. The molecule has 80 valence electrons. The lowest BCUT2D eigenvalue weighted by atomic mass is 10.2. The Morgan fingerprint density at radius 1 is 1.47 bits per heavy atom. The summed E-state index contributed by atoms with van der Waals surface area (Å²) in [6.45, 7) is 6.98. The Hall–Kier alpha value is -1.56. The molecule has 0 saturated carbocycles. The monoisotopic (exact) mass is 203 g/mol. The molecule has 0 saturated heterocycles. The van der Waals surface area contributed by atoms with Crippen molar-refractivity contribution in [1.82, 2.24) is 4.98 Å². The first-order valence-corrected chi connectivity index (χ1v) is 5.21. The van der Waals surface area contributed by atoms with Crippen molar-refractivity contribution in [3.8, 4) is 6.07 Å². The summed E-state index contributed by atoms with van der Waals surface area (Å²) < 4.78 is 0. The van der Waals surface area contributed by atoms with Crippen LogP contribution >= 0.6 is 0 Å². The largest absolute Gasteiger partial charge is 0.353 e. The van der Waals surface area contributed by atoms with Crippen molar-refractivity contribution in [1.29, 1.82) is 5.26 Å². The van der Waals surface area contributed by atoms with Gasteiger partial charge in [0.15, 0.2) is 0 Å². The third-order valence-corrected chi connectivity index (χ3v) is 2.28. The molecule has 15 heavy (non-hydrogen) atoms. The van der Waals surface area contributed by atoms with Gasteiger partial charge in [-0.3, -0.25) is 0 Å². The molecule has 0 aliphatic heterocycles. The summed E-state index contributed by atoms with van der Waals surface area (Å²) >= 11 is 0. The summed E-state index contributed by atoms with van der Waals surface area (Å²) in [6, 6.07) is 6.59. The van der Waals surface area contributed by atoms with E-state index in [1.54, 1.807) is 0 Å². The third kappa shape index (κ3) is 3.25. The zero-order valence-corrected chi connectivity index (χ0v) is 9.57. The molecule has 0 bridgehead atoms. The topological polar surface area (TPSA) is 39.9 Å². The standard InChI is InChI=1S/C12H17N3/c1-10(2)15(8-4-7-13)12-6-5-11(3)9-14-12/h5-6,9-10H,4,8H2,1-3H3. The van der Waals surface area contributed by atoms with Gasteiger partial charge in [-0.2, -0.15) is 5.26 Å². The molecule has 3 nitrogen and oxygen atoms in total. The third-order valence-electron chi connectivity index (χ3n) is 2.28. The lowest BCUT2D eigenvalue weighted by molar-refractivity contribution is 0.677. The maximum Gasteiger partial charge on any atom is 0.128 e. The molecule has 0 spiro atoms. The molecular weight excluding hydrogens is 186 g/mol. The van der Waals surface area contributed by atoms with Gasteiger partial charge in [0.25, 0.3) is 0 Å². The Morgan fingerprint density at radius 2 is 2.20 bits per heavy atom. The molecule has 1 aromatic heterocycles. The van der Waals surface area contributed by atoms with Crippen molar-refractivity contribution in [2.75, 3.05) is 11.4 Å². The maximum atomic E-state index is 8.59. The fourth-order valence-electron chi connectivity index (χ4n) is 1.44. The Kier molecular flexibility index (Phi) is 4.11. The van der Waals surface area contributed by atoms with Crippen LogP contribution in [0.1, 0.15) is 25.8 Å². The number of anilines is 1. The molecule has 0 aromatic carbocycles. The molecule has 0 atom stereocenters. The summed E-state index contributed by atoms with van der Waals surface area (Å²) in [4.78, 5) is 6.51. The lowest BCUT2D eigenvalue weighted by Crippen LogP contribution is -2.32. The van der Waals surface area contributed by atoms with Gasteiger partial charge in [0.2, 0.25) is 0 Å². The molecule has 0 aliphatic carbocycles. The predicted molar refractivity (Wildman–Crippen MR) is 61.7 cm³/mol. The van der Waals surface area contributed by atoms with E-state index in [4.69, 9.17) is 5.26 Å². The first kappa shape index (κ1) is 11.5. The van der Waals surface area contributed by atoms with E-state index in [1.165, 1.54) is 0 Å². The van der Waals surface area contributed by atoms with E-state index in [0.29, 0.717) is 12.5 Å². The Bertz CT molecular complexity index is 335. The molecular formula is C12H17N3.